The van der Waals surface area contributed by atoms with Gasteiger partial charge in [0.25, 0.3) is 0 Å². The van der Waals surface area contributed by atoms with Crippen molar-refractivity contribution in [3.05, 3.63) is 71.3 Å². The second kappa shape index (κ2) is 11.6. The molecule has 1 saturated carbocycles. The molecule has 0 aliphatic heterocycles. The molecule has 5 heteroatoms. The summed E-state index contributed by atoms with van der Waals surface area (Å²) < 4.78 is 11.5. The summed E-state index contributed by atoms with van der Waals surface area (Å²) >= 11 is 0. The lowest BCUT2D eigenvalue weighted by Gasteiger charge is -2.22. The fourth-order valence-corrected chi connectivity index (χ4v) is 3.02. The van der Waals surface area contributed by atoms with Crippen LogP contribution in [0.25, 0.3) is 0 Å². The van der Waals surface area contributed by atoms with Gasteiger partial charge >= 0.3 is 0 Å². The molecular formula is C24H33N3O2. The standard InChI is InChI=1S/C24H33N3O2/c1-25-24(27(2)14-15-28-17-22-12-13-22)26-16-20-8-10-23(11-9-20)19-29-18-21-6-4-3-5-7-21/h3-11,22H,12-19H2,1-2H3,(H,25,26). The summed E-state index contributed by atoms with van der Waals surface area (Å²) in [6.07, 6.45) is 2.66. The van der Waals surface area contributed by atoms with Crippen LogP contribution in [0.15, 0.2) is 59.6 Å². The van der Waals surface area contributed by atoms with E-state index in [1.165, 1.54) is 29.5 Å². The van der Waals surface area contributed by atoms with Crippen molar-refractivity contribution < 1.29 is 9.47 Å². The normalized spacial score (nSPS) is 14.1. The summed E-state index contributed by atoms with van der Waals surface area (Å²) in [4.78, 5) is 6.48. The van der Waals surface area contributed by atoms with Gasteiger partial charge in [-0.25, -0.2) is 0 Å². The van der Waals surface area contributed by atoms with Gasteiger partial charge in [0.15, 0.2) is 5.96 Å². The lowest BCUT2D eigenvalue weighted by molar-refractivity contribution is 0.107. The Balaban J connectivity index is 1.35. The Morgan fingerprint density at radius 3 is 2.28 bits per heavy atom. The number of ether oxygens (including phenoxy) is 2. The third kappa shape index (κ3) is 7.87. The first-order valence-electron chi connectivity index (χ1n) is 10.4. The van der Waals surface area contributed by atoms with Crippen LogP contribution in [0.1, 0.15) is 29.5 Å². The number of rotatable bonds is 11. The van der Waals surface area contributed by atoms with Gasteiger partial charge in [-0.15, -0.1) is 0 Å². The predicted octanol–water partition coefficient (Wildman–Crippen LogP) is 3.84. The number of likely N-dealkylation sites (N-methyl/N-ethyl adjacent to an activating group) is 1. The zero-order valence-electron chi connectivity index (χ0n) is 17.6. The molecule has 0 amide bonds. The quantitative estimate of drug-likeness (QED) is 0.357. The first kappa shape index (κ1) is 21.3. The van der Waals surface area contributed by atoms with E-state index in [-0.39, 0.29) is 0 Å². The molecule has 0 radical (unpaired) electrons. The molecule has 156 valence electrons. The van der Waals surface area contributed by atoms with E-state index >= 15 is 0 Å². The second-order valence-corrected chi connectivity index (χ2v) is 7.64. The predicted molar refractivity (Wildman–Crippen MR) is 118 cm³/mol. The number of nitrogens with one attached hydrogen (secondary N) is 1. The number of aliphatic imine (C=N–C) groups is 1. The molecule has 3 rings (SSSR count). The second-order valence-electron chi connectivity index (χ2n) is 7.64. The molecule has 0 saturated heterocycles. The minimum atomic E-state index is 0.619. The maximum Gasteiger partial charge on any atom is 0.193 e. The Labute approximate surface area is 174 Å². The van der Waals surface area contributed by atoms with Gasteiger partial charge in [-0.3, -0.25) is 4.99 Å². The summed E-state index contributed by atoms with van der Waals surface area (Å²) in [6, 6.07) is 18.8. The van der Waals surface area contributed by atoms with Crippen LogP contribution >= 0.6 is 0 Å². The molecule has 1 N–H and O–H groups in total. The largest absolute Gasteiger partial charge is 0.379 e. The van der Waals surface area contributed by atoms with Gasteiger partial charge in [-0.05, 0) is 35.4 Å². The third-order valence-electron chi connectivity index (χ3n) is 5.05. The number of nitrogens with zero attached hydrogens (tertiary/aromatic N) is 2. The molecule has 2 aromatic carbocycles. The number of benzene rings is 2. The lowest BCUT2D eigenvalue weighted by atomic mass is 10.1. The highest BCUT2D eigenvalue weighted by molar-refractivity contribution is 5.79. The van der Waals surface area contributed by atoms with Crippen LogP contribution in [-0.4, -0.2) is 44.7 Å². The van der Waals surface area contributed by atoms with Crippen LogP contribution in [-0.2, 0) is 29.2 Å². The SMILES string of the molecule is CN=C(NCc1ccc(COCc2ccccc2)cc1)N(C)CCOCC1CC1. The molecule has 0 bridgehead atoms. The van der Waals surface area contributed by atoms with E-state index in [1.807, 2.05) is 32.3 Å². The van der Waals surface area contributed by atoms with Crippen molar-refractivity contribution in [3.63, 3.8) is 0 Å². The van der Waals surface area contributed by atoms with Crippen molar-refractivity contribution in [1.82, 2.24) is 10.2 Å². The minimum Gasteiger partial charge on any atom is -0.379 e. The van der Waals surface area contributed by atoms with Gasteiger partial charge in [-0.1, -0.05) is 54.6 Å². The van der Waals surface area contributed by atoms with Crippen LogP contribution in [0, 0.1) is 5.92 Å². The van der Waals surface area contributed by atoms with Crippen molar-refractivity contribution in [2.45, 2.75) is 32.6 Å². The Bertz CT molecular complexity index is 742. The summed E-state index contributed by atoms with van der Waals surface area (Å²) in [6.45, 7) is 4.48. The van der Waals surface area contributed by atoms with Crippen molar-refractivity contribution in [2.24, 2.45) is 10.9 Å². The van der Waals surface area contributed by atoms with Gasteiger partial charge in [0.2, 0.25) is 0 Å². The summed E-state index contributed by atoms with van der Waals surface area (Å²) in [5.41, 5.74) is 3.59. The van der Waals surface area contributed by atoms with Crippen LogP contribution in [0.3, 0.4) is 0 Å². The summed E-state index contributed by atoms with van der Waals surface area (Å²) in [7, 11) is 3.86. The minimum absolute atomic E-state index is 0.619. The van der Waals surface area contributed by atoms with Gasteiger partial charge < -0.3 is 19.7 Å². The van der Waals surface area contributed by atoms with E-state index < -0.39 is 0 Å². The average Bonchev–Trinajstić information content (AvgIpc) is 3.58. The van der Waals surface area contributed by atoms with E-state index in [0.717, 1.165) is 38.2 Å². The van der Waals surface area contributed by atoms with E-state index in [2.05, 4.69) is 51.6 Å². The van der Waals surface area contributed by atoms with Crippen LogP contribution in [0.4, 0.5) is 0 Å². The summed E-state index contributed by atoms with van der Waals surface area (Å²) in [5.74, 6) is 1.69. The first-order chi connectivity index (χ1) is 14.2. The smallest absolute Gasteiger partial charge is 0.193 e. The van der Waals surface area contributed by atoms with Crippen molar-refractivity contribution >= 4 is 5.96 Å². The molecule has 5 nitrogen and oxygen atoms in total. The number of hydrogen-bond donors (Lipinski definition) is 1. The molecule has 0 atom stereocenters. The fraction of sp³-hybridized carbons (Fsp3) is 0.458. The van der Waals surface area contributed by atoms with Gasteiger partial charge in [-0.2, -0.15) is 0 Å². The lowest BCUT2D eigenvalue weighted by Crippen LogP contribution is -2.40. The molecule has 0 unspecified atom stereocenters. The monoisotopic (exact) mass is 395 g/mol. The zero-order valence-corrected chi connectivity index (χ0v) is 17.6. The van der Waals surface area contributed by atoms with E-state index in [4.69, 9.17) is 9.47 Å². The van der Waals surface area contributed by atoms with Gasteiger partial charge in [0.1, 0.15) is 0 Å². The topological polar surface area (TPSA) is 46.1 Å². The van der Waals surface area contributed by atoms with Crippen LogP contribution in [0.5, 0.6) is 0 Å². The molecule has 0 aromatic heterocycles. The highest BCUT2D eigenvalue weighted by atomic mass is 16.5. The number of hydrogen-bond acceptors (Lipinski definition) is 3. The molecule has 29 heavy (non-hydrogen) atoms. The maximum atomic E-state index is 5.80. The molecule has 0 spiro atoms. The van der Waals surface area contributed by atoms with Crippen molar-refractivity contribution in [3.8, 4) is 0 Å². The van der Waals surface area contributed by atoms with E-state index in [1.54, 1.807) is 0 Å². The molecule has 2 aromatic rings. The molecule has 1 aliphatic carbocycles. The number of guanidine groups is 1. The van der Waals surface area contributed by atoms with Crippen molar-refractivity contribution in [2.75, 3.05) is 33.9 Å². The molecular weight excluding hydrogens is 362 g/mol. The Kier molecular flexibility index (Phi) is 8.53. The van der Waals surface area contributed by atoms with Gasteiger partial charge in [0.05, 0.1) is 19.8 Å². The van der Waals surface area contributed by atoms with Gasteiger partial charge in [0, 0.05) is 33.8 Å². The Morgan fingerprint density at radius 2 is 1.62 bits per heavy atom. The van der Waals surface area contributed by atoms with Crippen LogP contribution < -0.4 is 5.32 Å². The highest BCUT2D eigenvalue weighted by Gasteiger charge is 2.21. The fourth-order valence-electron chi connectivity index (χ4n) is 3.02. The molecule has 1 fully saturated rings. The van der Waals surface area contributed by atoms with E-state index in [9.17, 15) is 0 Å². The zero-order chi connectivity index (χ0) is 20.3. The third-order valence-corrected chi connectivity index (χ3v) is 5.05. The van der Waals surface area contributed by atoms with Crippen LogP contribution in [0.2, 0.25) is 0 Å². The molecule has 1 aliphatic rings. The summed E-state index contributed by atoms with van der Waals surface area (Å²) in [5, 5.41) is 3.42. The first-order valence-corrected chi connectivity index (χ1v) is 10.4. The van der Waals surface area contributed by atoms with E-state index in [0.29, 0.717) is 13.2 Å². The van der Waals surface area contributed by atoms with Crippen molar-refractivity contribution in [1.29, 1.82) is 0 Å². The highest BCUT2D eigenvalue weighted by Crippen LogP contribution is 2.28. The molecule has 0 heterocycles. The Hall–Kier alpha value is -2.37. The average molecular weight is 396 g/mol. The Morgan fingerprint density at radius 1 is 0.966 bits per heavy atom. The maximum absolute atomic E-state index is 5.80.